The molecule has 0 N–H and O–H groups in total. The first-order valence-corrected chi connectivity index (χ1v) is 7.71. The first kappa shape index (κ1) is 13.4. The lowest BCUT2D eigenvalue weighted by Gasteiger charge is -2.15. The number of rotatable bonds is 2. The minimum absolute atomic E-state index is 0.0168. The molecule has 2 aliphatic heterocycles. The molecule has 7 nitrogen and oxygen atoms in total. The van der Waals surface area contributed by atoms with E-state index in [2.05, 4.69) is 10.2 Å². The van der Waals surface area contributed by atoms with Crippen molar-refractivity contribution >= 4 is 5.91 Å². The van der Waals surface area contributed by atoms with Gasteiger partial charge in [-0.05, 0) is 18.9 Å². The Balaban J connectivity index is 1.48. The molecule has 0 saturated carbocycles. The van der Waals surface area contributed by atoms with Crippen LogP contribution in [0.1, 0.15) is 34.9 Å². The van der Waals surface area contributed by atoms with Gasteiger partial charge in [0.05, 0.1) is 18.8 Å². The molecule has 0 aromatic carbocycles. The van der Waals surface area contributed by atoms with Crippen molar-refractivity contribution in [1.29, 1.82) is 0 Å². The van der Waals surface area contributed by atoms with Gasteiger partial charge in [-0.15, -0.1) is 0 Å². The van der Waals surface area contributed by atoms with Gasteiger partial charge in [0.1, 0.15) is 0 Å². The van der Waals surface area contributed by atoms with Crippen molar-refractivity contribution in [2.45, 2.75) is 32.4 Å². The molecular weight excluding hydrogens is 282 g/mol. The van der Waals surface area contributed by atoms with Gasteiger partial charge in [0.15, 0.2) is 5.69 Å². The molecule has 0 aliphatic carbocycles. The van der Waals surface area contributed by atoms with Gasteiger partial charge in [-0.25, -0.2) is 4.68 Å². The Hall–Kier alpha value is -2.31. The van der Waals surface area contributed by atoms with E-state index in [1.54, 1.807) is 10.7 Å². The fourth-order valence-electron chi connectivity index (χ4n) is 3.11. The van der Waals surface area contributed by atoms with Crippen molar-refractivity contribution < 1.29 is 9.53 Å². The lowest BCUT2D eigenvalue weighted by molar-refractivity contribution is 0.0780. The van der Waals surface area contributed by atoms with Gasteiger partial charge in [-0.1, -0.05) is 0 Å². The van der Waals surface area contributed by atoms with Gasteiger partial charge < -0.3 is 9.64 Å². The molecule has 0 bridgehead atoms. The summed E-state index contributed by atoms with van der Waals surface area (Å²) >= 11 is 0. The van der Waals surface area contributed by atoms with Gasteiger partial charge in [0, 0.05) is 38.3 Å². The molecule has 2 aromatic heterocycles. The fraction of sp³-hybridized carbons (Fsp3) is 0.533. The maximum absolute atomic E-state index is 12.6. The minimum atomic E-state index is -0.0168. The van der Waals surface area contributed by atoms with Gasteiger partial charge in [0.2, 0.25) is 5.88 Å². The summed E-state index contributed by atoms with van der Waals surface area (Å²) in [7, 11) is 0. The third kappa shape index (κ3) is 2.26. The number of likely N-dealkylation sites (tertiary alicyclic amines) is 1. The summed E-state index contributed by atoms with van der Waals surface area (Å²) in [5, 5.41) is 8.73. The Labute approximate surface area is 128 Å². The Bertz CT molecular complexity index is 681. The van der Waals surface area contributed by atoms with Crippen LogP contribution in [0.2, 0.25) is 0 Å². The molecule has 1 amide bonds. The molecule has 0 spiro atoms. The van der Waals surface area contributed by atoms with Gasteiger partial charge >= 0.3 is 0 Å². The summed E-state index contributed by atoms with van der Waals surface area (Å²) in [6.07, 6.45) is 5.75. The molecule has 1 fully saturated rings. The average molecular weight is 301 g/mol. The molecule has 4 heterocycles. The number of carbonyl (C=O) groups excluding carboxylic acids is 1. The monoisotopic (exact) mass is 301 g/mol. The molecule has 7 heteroatoms. The number of carbonyl (C=O) groups is 1. The maximum atomic E-state index is 12.6. The van der Waals surface area contributed by atoms with E-state index in [0.717, 1.165) is 31.5 Å². The van der Waals surface area contributed by atoms with E-state index < -0.39 is 0 Å². The van der Waals surface area contributed by atoms with Crippen molar-refractivity contribution in [1.82, 2.24) is 24.5 Å². The highest BCUT2D eigenvalue weighted by Crippen LogP contribution is 2.24. The van der Waals surface area contributed by atoms with Crippen LogP contribution in [0.3, 0.4) is 0 Å². The minimum Gasteiger partial charge on any atom is -0.478 e. The van der Waals surface area contributed by atoms with Crippen molar-refractivity contribution in [2.75, 3.05) is 19.7 Å². The van der Waals surface area contributed by atoms with Crippen LogP contribution in [0.4, 0.5) is 0 Å². The number of hydrogen-bond donors (Lipinski definition) is 0. The van der Waals surface area contributed by atoms with Gasteiger partial charge in [0.25, 0.3) is 5.91 Å². The Morgan fingerprint density at radius 2 is 2.32 bits per heavy atom. The number of fused-ring (bicyclic) bond motifs is 1. The summed E-state index contributed by atoms with van der Waals surface area (Å²) in [4.78, 5) is 14.5. The SMILES string of the molecule is Cc1cnn(C2CCN(C(=O)c3cc4n(n3)CCCO4)C2)c1. The Morgan fingerprint density at radius 1 is 1.41 bits per heavy atom. The fourth-order valence-corrected chi connectivity index (χ4v) is 3.11. The van der Waals surface area contributed by atoms with E-state index in [9.17, 15) is 4.79 Å². The summed E-state index contributed by atoms with van der Waals surface area (Å²) in [5.74, 6) is 0.685. The molecule has 0 radical (unpaired) electrons. The summed E-state index contributed by atoms with van der Waals surface area (Å²) < 4.78 is 9.27. The first-order chi connectivity index (χ1) is 10.7. The number of ether oxygens (including phenoxy) is 1. The van der Waals surface area contributed by atoms with Gasteiger partial charge in [-0.3, -0.25) is 9.48 Å². The first-order valence-electron chi connectivity index (χ1n) is 7.71. The van der Waals surface area contributed by atoms with Crippen LogP contribution >= 0.6 is 0 Å². The summed E-state index contributed by atoms with van der Waals surface area (Å²) in [6.45, 7) is 4.97. The highest BCUT2D eigenvalue weighted by atomic mass is 16.5. The van der Waals surface area contributed by atoms with Crippen molar-refractivity contribution in [3.63, 3.8) is 0 Å². The molecule has 22 heavy (non-hydrogen) atoms. The van der Waals surface area contributed by atoms with E-state index in [1.807, 2.05) is 28.9 Å². The van der Waals surface area contributed by atoms with Crippen molar-refractivity contribution in [3.05, 3.63) is 29.7 Å². The second-order valence-corrected chi connectivity index (χ2v) is 5.98. The third-order valence-corrected chi connectivity index (χ3v) is 4.28. The predicted molar refractivity (Wildman–Crippen MR) is 78.9 cm³/mol. The molecule has 1 saturated heterocycles. The number of hydrogen-bond acceptors (Lipinski definition) is 4. The summed E-state index contributed by atoms with van der Waals surface area (Å²) in [6, 6.07) is 2.01. The van der Waals surface area contributed by atoms with E-state index in [1.165, 1.54) is 0 Å². The zero-order valence-corrected chi connectivity index (χ0v) is 12.6. The molecular formula is C15H19N5O2. The number of amides is 1. The second kappa shape index (κ2) is 5.15. The maximum Gasteiger partial charge on any atom is 0.274 e. The van der Waals surface area contributed by atoms with E-state index in [-0.39, 0.29) is 11.9 Å². The molecule has 116 valence electrons. The molecule has 2 aromatic rings. The van der Waals surface area contributed by atoms with Crippen LogP contribution in [0.15, 0.2) is 18.5 Å². The molecule has 1 atom stereocenters. The van der Waals surface area contributed by atoms with Crippen LogP contribution in [0.25, 0.3) is 0 Å². The van der Waals surface area contributed by atoms with Crippen molar-refractivity contribution in [2.24, 2.45) is 0 Å². The van der Waals surface area contributed by atoms with Gasteiger partial charge in [-0.2, -0.15) is 10.2 Å². The average Bonchev–Trinajstić information content (AvgIpc) is 3.24. The molecule has 2 aliphatic rings. The summed E-state index contributed by atoms with van der Waals surface area (Å²) in [5.41, 5.74) is 1.62. The highest BCUT2D eigenvalue weighted by molar-refractivity contribution is 5.92. The number of aryl methyl sites for hydroxylation is 2. The Morgan fingerprint density at radius 3 is 3.09 bits per heavy atom. The topological polar surface area (TPSA) is 65.2 Å². The quantitative estimate of drug-likeness (QED) is 0.837. The zero-order valence-electron chi connectivity index (χ0n) is 12.6. The largest absolute Gasteiger partial charge is 0.478 e. The highest BCUT2D eigenvalue weighted by Gasteiger charge is 2.30. The van der Waals surface area contributed by atoms with Crippen LogP contribution in [0, 0.1) is 6.92 Å². The van der Waals surface area contributed by atoms with E-state index >= 15 is 0 Å². The predicted octanol–water partition coefficient (Wildman–Crippen LogP) is 1.26. The lowest BCUT2D eigenvalue weighted by Crippen LogP contribution is -2.29. The number of aromatic nitrogens is 4. The van der Waals surface area contributed by atoms with Crippen LogP contribution < -0.4 is 4.74 Å². The molecule has 4 rings (SSSR count). The Kier molecular flexibility index (Phi) is 3.13. The van der Waals surface area contributed by atoms with Crippen molar-refractivity contribution in [3.8, 4) is 5.88 Å². The third-order valence-electron chi connectivity index (χ3n) is 4.28. The standard InChI is InChI=1S/C15H19N5O2/c1-11-8-16-20(9-11)12-3-5-18(10-12)15(21)13-7-14-19(17-13)4-2-6-22-14/h7-9,12H,2-6,10H2,1H3. The lowest BCUT2D eigenvalue weighted by atomic mass is 10.3. The zero-order chi connectivity index (χ0) is 15.1. The normalized spacial score (nSPS) is 20.8. The smallest absolute Gasteiger partial charge is 0.274 e. The van der Waals surface area contributed by atoms with Crippen LogP contribution in [0.5, 0.6) is 5.88 Å². The molecule has 1 unspecified atom stereocenters. The van der Waals surface area contributed by atoms with E-state index in [0.29, 0.717) is 24.7 Å². The van der Waals surface area contributed by atoms with E-state index in [4.69, 9.17) is 4.74 Å². The number of nitrogens with zero attached hydrogens (tertiary/aromatic N) is 5. The second-order valence-electron chi connectivity index (χ2n) is 5.98. The van der Waals surface area contributed by atoms with Crippen LogP contribution in [-0.4, -0.2) is 50.1 Å². The van der Waals surface area contributed by atoms with Crippen LogP contribution in [-0.2, 0) is 6.54 Å².